The standard InChI is InChI=1S/C25H30ClN3O3/c1-16-14-21(26)12-13-23(16)32-18(3)24(30)29-28-17(2)20-10-7-11-22(15-20)27-25(31)19-8-5-4-6-9-19/h7,10-15,18-19H,4-6,8-9H2,1-3H3,(H,27,31)(H,29,30)/b28-17-. The molecule has 0 heterocycles. The quantitative estimate of drug-likeness (QED) is 0.428. The maximum absolute atomic E-state index is 12.5. The molecule has 1 atom stereocenters. The molecule has 2 aromatic rings. The first-order valence-electron chi connectivity index (χ1n) is 11.0. The first kappa shape index (κ1) is 23.8. The number of rotatable bonds is 7. The largest absolute Gasteiger partial charge is 0.481 e. The molecule has 1 unspecified atom stereocenters. The molecule has 2 N–H and O–H groups in total. The molecular weight excluding hydrogens is 426 g/mol. The van der Waals surface area contributed by atoms with Crippen LogP contribution in [0.2, 0.25) is 5.02 Å². The van der Waals surface area contributed by atoms with Crippen molar-refractivity contribution in [2.24, 2.45) is 11.0 Å². The molecule has 1 aliphatic carbocycles. The third kappa shape index (κ3) is 6.57. The van der Waals surface area contributed by atoms with Crippen molar-refractivity contribution < 1.29 is 14.3 Å². The molecule has 170 valence electrons. The SMILES string of the molecule is C/C(=N/NC(=O)C(C)Oc1ccc(Cl)cc1C)c1cccc(NC(=O)C2CCCCC2)c1. The highest BCUT2D eigenvalue weighted by Gasteiger charge is 2.21. The fourth-order valence-electron chi connectivity index (χ4n) is 3.71. The van der Waals surface area contributed by atoms with Crippen molar-refractivity contribution in [1.29, 1.82) is 0 Å². The van der Waals surface area contributed by atoms with E-state index in [1.165, 1.54) is 6.42 Å². The van der Waals surface area contributed by atoms with Gasteiger partial charge in [-0.1, -0.05) is 43.0 Å². The minimum atomic E-state index is -0.729. The maximum Gasteiger partial charge on any atom is 0.280 e. The molecule has 2 amide bonds. The number of amides is 2. The van der Waals surface area contributed by atoms with Gasteiger partial charge in [0, 0.05) is 16.6 Å². The van der Waals surface area contributed by atoms with Gasteiger partial charge in [0.2, 0.25) is 5.91 Å². The summed E-state index contributed by atoms with van der Waals surface area (Å²) in [5, 5.41) is 7.84. The van der Waals surface area contributed by atoms with E-state index in [1.54, 1.807) is 32.0 Å². The molecule has 0 bridgehead atoms. The maximum atomic E-state index is 12.5. The second-order valence-corrected chi connectivity index (χ2v) is 8.68. The fourth-order valence-corrected chi connectivity index (χ4v) is 3.94. The van der Waals surface area contributed by atoms with E-state index in [0.717, 1.165) is 42.5 Å². The molecule has 0 radical (unpaired) electrons. The number of aryl methyl sites for hydroxylation is 1. The first-order chi connectivity index (χ1) is 15.3. The highest BCUT2D eigenvalue weighted by molar-refractivity contribution is 6.30. The third-order valence-electron chi connectivity index (χ3n) is 5.67. The number of carbonyl (C=O) groups is 2. The number of hydrazone groups is 1. The lowest BCUT2D eigenvalue weighted by Gasteiger charge is -2.20. The van der Waals surface area contributed by atoms with Gasteiger partial charge in [0.05, 0.1) is 5.71 Å². The van der Waals surface area contributed by atoms with Crippen molar-refractivity contribution in [3.63, 3.8) is 0 Å². The molecular formula is C25H30ClN3O3. The number of nitrogens with one attached hydrogen (secondary N) is 2. The number of benzene rings is 2. The van der Waals surface area contributed by atoms with Gasteiger partial charge in [0.1, 0.15) is 5.75 Å². The summed E-state index contributed by atoms with van der Waals surface area (Å²) in [5.41, 5.74) is 5.58. The van der Waals surface area contributed by atoms with Crippen LogP contribution in [0, 0.1) is 12.8 Å². The Kier molecular flexibility index (Phi) is 8.28. The second kappa shape index (κ2) is 11.1. The van der Waals surface area contributed by atoms with Gasteiger partial charge in [-0.05, 0) is 75.1 Å². The zero-order valence-electron chi connectivity index (χ0n) is 18.8. The highest BCUT2D eigenvalue weighted by Crippen LogP contribution is 2.25. The van der Waals surface area contributed by atoms with E-state index in [4.69, 9.17) is 16.3 Å². The monoisotopic (exact) mass is 455 g/mol. The summed E-state index contributed by atoms with van der Waals surface area (Å²) in [7, 11) is 0. The van der Waals surface area contributed by atoms with Gasteiger partial charge in [0.15, 0.2) is 6.10 Å². The lowest BCUT2D eigenvalue weighted by molar-refractivity contribution is -0.127. The molecule has 6 nitrogen and oxygen atoms in total. The summed E-state index contributed by atoms with van der Waals surface area (Å²) < 4.78 is 5.73. The van der Waals surface area contributed by atoms with Crippen LogP contribution in [-0.2, 0) is 9.59 Å². The van der Waals surface area contributed by atoms with Crippen molar-refractivity contribution in [3.05, 3.63) is 58.6 Å². The van der Waals surface area contributed by atoms with Crippen molar-refractivity contribution >= 4 is 34.8 Å². The van der Waals surface area contributed by atoms with Crippen molar-refractivity contribution in [2.75, 3.05) is 5.32 Å². The van der Waals surface area contributed by atoms with Gasteiger partial charge in [-0.3, -0.25) is 9.59 Å². The van der Waals surface area contributed by atoms with Crippen LogP contribution in [0.5, 0.6) is 5.75 Å². The summed E-state index contributed by atoms with van der Waals surface area (Å²) in [6.07, 6.45) is 4.62. The number of ether oxygens (including phenoxy) is 1. The predicted octanol–water partition coefficient (Wildman–Crippen LogP) is 5.47. The smallest absolute Gasteiger partial charge is 0.280 e. The number of nitrogens with zero attached hydrogens (tertiary/aromatic N) is 1. The Morgan fingerprint density at radius 2 is 1.88 bits per heavy atom. The van der Waals surface area contributed by atoms with Crippen LogP contribution in [0.3, 0.4) is 0 Å². The summed E-state index contributed by atoms with van der Waals surface area (Å²) >= 11 is 5.96. The van der Waals surface area contributed by atoms with Crippen molar-refractivity contribution in [3.8, 4) is 5.75 Å². The Morgan fingerprint density at radius 3 is 2.59 bits per heavy atom. The van der Waals surface area contributed by atoms with E-state index in [9.17, 15) is 9.59 Å². The first-order valence-corrected chi connectivity index (χ1v) is 11.4. The molecule has 0 saturated heterocycles. The van der Waals surface area contributed by atoms with Gasteiger partial charge in [-0.2, -0.15) is 5.10 Å². The molecule has 1 saturated carbocycles. The van der Waals surface area contributed by atoms with Gasteiger partial charge in [-0.15, -0.1) is 0 Å². The van der Waals surface area contributed by atoms with Crippen molar-refractivity contribution in [1.82, 2.24) is 5.43 Å². The lowest BCUT2D eigenvalue weighted by Crippen LogP contribution is -2.34. The molecule has 7 heteroatoms. The Balaban J connectivity index is 1.58. The Hall–Kier alpha value is -2.86. The minimum Gasteiger partial charge on any atom is -0.481 e. The van der Waals surface area contributed by atoms with E-state index in [0.29, 0.717) is 16.5 Å². The number of hydrogen-bond donors (Lipinski definition) is 2. The minimum absolute atomic E-state index is 0.0770. The molecule has 32 heavy (non-hydrogen) atoms. The van der Waals surface area contributed by atoms with Gasteiger partial charge < -0.3 is 10.1 Å². The molecule has 1 fully saturated rings. The number of hydrogen-bond acceptors (Lipinski definition) is 4. The zero-order valence-corrected chi connectivity index (χ0v) is 19.5. The average molecular weight is 456 g/mol. The molecule has 3 rings (SSSR count). The zero-order chi connectivity index (χ0) is 23.1. The summed E-state index contributed by atoms with van der Waals surface area (Å²) in [5.74, 6) is 0.403. The Morgan fingerprint density at radius 1 is 1.12 bits per heavy atom. The molecule has 2 aromatic carbocycles. The van der Waals surface area contributed by atoms with Crippen LogP contribution in [0.4, 0.5) is 5.69 Å². The van der Waals surface area contributed by atoms with Crippen LogP contribution < -0.4 is 15.5 Å². The lowest BCUT2D eigenvalue weighted by atomic mass is 9.88. The second-order valence-electron chi connectivity index (χ2n) is 8.25. The third-order valence-corrected chi connectivity index (χ3v) is 5.90. The average Bonchev–Trinajstić information content (AvgIpc) is 2.79. The van der Waals surface area contributed by atoms with Crippen LogP contribution >= 0.6 is 11.6 Å². The normalized spacial score (nSPS) is 15.7. The molecule has 1 aliphatic rings. The topological polar surface area (TPSA) is 79.8 Å². The summed E-state index contributed by atoms with van der Waals surface area (Å²) in [6, 6.07) is 12.7. The van der Waals surface area contributed by atoms with E-state index in [1.807, 2.05) is 31.2 Å². The van der Waals surface area contributed by atoms with Gasteiger partial charge in [0.25, 0.3) is 5.91 Å². The number of anilines is 1. The van der Waals surface area contributed by atoms with Gasteiger partial charge in [-0.25, -0.2) is 5.43 Å². The van der Waals surface area contributed by atoms with Crippen LogP contribution in [-0.4, -0.2) is 23.6 Å². The van der Waals surface area contributed by atoms with Crippen LogP contribution in [0.15, 0.2) is 47.6 Å². The number of carbonyl (C=O) groups excluding carboxylic acids is 2. The van der Waals surface area contributed by atoms with Crippen molar-refractivity contribution in [2.45, 2.75) is 59.0 Å². The van der Waals surface area contributed by atoms with Gasteiger partial charge >= 0.3 is 0 Å². The van der Waals surface area contributed by atoms with E-state index in [-0.39, 0.29) is 17.7 Å². The van der Waals surface area contributed by atoms with E-state index < -0.39 is 6.10 Å². The number of halogens is 1. The van der Waals surface area contributed by atoms with Crippen LogP contribution in [0.25, 0.3) is 0 Å². The summed E-state index contributed by atoms with van der Waals surface area (Å²) in [4.78, 5) is 24.9. The van der Waals surface area contributed by atoms with E-state index >= 15 is 0 Å². The van der Waals surface area contributed by atoms with Crippen LogP contribution in [0.1, 0.15) is 57.1 Å². The Labute approximate surface area is 194 Å². The summed E-state index contributed by atoms with van der Waals surface area (Å²) in [6.45, 7) is 5.33. The highest BCUT2D eigenvalue weighted by atomic mass is 35.5. The molecule has 0 aliphatic heterocycles. The molecule has 0 spiro atoms. The Bertz CT molecular complexity index is 1000. The fraction of sp³-hybridized carbons (Fsp3) is 0.400. The molecule has 0 aromatic heterocycles. The van der Waals surface area contributed by atoms with E-state index in [2.05, 4.69) is 15.8 Å². The predicted molar refractivity (Wildman–Crippen MR) is 128 cm³/mol.